The maximum absolute atomic E-state index is 11.7. The minimum atomic E-state index is -0.772. The van der Waals surface area contributed by atoms with Gasteiger partial charge in [0.15, 0.2) is 0 Å². The third-order valence-electron chi connectivity index (χ3n) is 2.33. The number of hydrogen-bond acceptors (Lipinski definition) is 4. The minimum absolute atomic E-state index is 0.106. The molecule has 16 heavy (non-hydrogen) atoms. The number of halogens is 1. The van der Waals surface area contributed by atoms with Crippen molar-refractivity contribution in [2.75, 3.05) is 0 Å². The third kappa shape index (κ3) is 2.48. The maximum Gasteiger partial charge on any atom is 0.286 e. The summed E-state index contributed by atoms with van der Waals surface area (Å²) in [6.45, 7) is 3.13. The highest BCUT2D eigenvalue weighted by molar-refractivity contribution is 9.10. The molecule has 0 saturated heterocycles. The first-order valence-electron chi connectivity index (χ1n) is 4.58. The van der Waals surface area contributed by atoms with Gasteiger partial charge in [-0.2, -0.15) is 0 Å². The minimum Gasteiger partial charge on any atom is -0.391 e. The van der Waals surface area contributed by atoms with E-state index in [4.69, 9.17) is 0 Å². The van der Waals surface area contributed by atoms with E-state index in [0.29, 0.717) is 0 Å². The molecule has 0 aliphatic rings. The van der Waals surface area contributed by atoms with Crippen molar-refractivity contribution in [3.63, 3.8) is 0 Å². The molecule has 0 spiro atoms. The Balaban J connectivity index is 3.38. The van der Waals surface area contributed by atoms with Gasteiger partial charge in [-0.25, -0.2) is 0 Å². The van der Waals surface area contributed by atoms with E-state index in [1.54, 1.807) is 6.92 Å². The molecule has 2 atom stereocenters. The summed E-state index contributed by atoms with van der Waals surface area (Å²) >= 11 is 2.96. The van der Waals surface area contributed by atoms with E-state index >= 15 is 0 Å². The lowest BCUT2D eigenvalue weighted by Gasteiger charge is -2.17. The summed E-state index contributed by atoms with van der Waals surface area (Å²) in [6, 6.07) is 0.622. The summed E-state index contributed by atoms with van der Waals surface area (Å²) in [5.41, 5.74) is -0.599. The number of rotatable bonds is 3. The standard InChI is InChI=1S/C9H11BrN2O4/c1-5(6(2)13)11-4-7(12(15)16)3-8(10)9(11)14/h3-6,13H,1-2H3. The average molecular weight is 291 g/mol. The largest absolute Gasteiger partial charge is 0.391 e. The summed E-state index contributed by atoms with van der Waals surface area (Å²) in [4.78, 5) is 21.7. The molecular weight excluding hydrogens is 280 g/mol. The zero-order valence-corrected chi connectivity index (χ0v) is 10.3. The molecule has 0 fully saturated rings. The van der Waals surface area contributed by atoms with Crippen LogP contribution in [0.4, 0.5) is 5.69 Å². The van der Waals surface area contributed by atoms with Gasteiger partial charge < -0.3 is 9.67 Å². The molecule has 0 amide bonds. The Bertz CT molecular complexity index is 469. The van der Waals surface area contributed by atoms with Gasteiger partial charge in [-0.3, -0.25) is 14.9 Å². The first-order chi connectivity index (χ1) is 7.34. The number of nitro groups is 1. The number of hydrogen-bond donors (Lipinski definition) is 1. The molecule has 1 aromatic heterocycles. The molecule has 1 heterocycles. The van der Waals surface area contributed by atoms with Gasteiger partial charge in [-0.15, -0.1) is 0 Å². The third-order valence-corrected chi connectivity index (χ3v) is 2.90. The highest BCUT2D eigenvalue weighted by atomic mass is 79.9. The van der Waals surface area contributed by atoms with Crippen molar-refractivity contribution in [3.05, 3.63) is 37.2 Å². The van der Waals surface area contributed by atoms with Crippen LogP contribution in [-0.4, -0.2) is 20.7 Å². The Morgan fingerprint density at radius 2 is 2.12 bits per heavy atom. The fourth-order valence-electron chi connectivity index (χ4n) is 1.19. The van der Waals surface area contributed by atoms with Crippen LogP contribution in [0.15, 0.2) is 21.5 Å². The number of aromatic nitrogens is 1. The van der Waals surface area contributed by atoms with Crippen molar-refractivity contribution in [1.82, 2.24) is 4.57 Å². The summed E-state index contributed by atoms with van der Waals surface area (Å²) in [5.74, 6) is 0. The van der Waals surface area contributed by atoms with Crippen LogP contribution < -0.4 is 5.56 Å². The monoisotopic (exact) mass is 290 g/mol. The molecule has 1 N–H and O–H groups in total. The van der Waals surface area contributed by atoms with Crippen molar-refractivity contribution in [1.29, 1.82) is 0 Å². The Kier molecular flexibility index (Phi) is 3.82. The Morgan fingerprint density at radius 1 is 1.56 bits per heavy atom. The van der Waals surface area contributed by atoms with E-state index in [1.165, 1.54) is 6.92 Å². The summed E-state index contributed by atoms with van der Waals surface area (Å²) in [5, 5.41) is 20.0. The van der Waals surface area contributed by atoms with Gasteiger partial charge in [0.25, 0.3) is 11.2 Å². The molecule has 7 heteroatoms. The molecule has 1 rings (SSSR count). The predicted octanol–water partition coefficient (Wildman–Crippen LogP) is 1.46. The zero-order valence-electron chi connectivity index (χ0n) is 8.75. The van der Waals surface area contributed by atoms with Crippen LogP contribution in [0, 0.1) is 10.1 Å². The second-order valence-electron chi connectivity index (χ2n) is 3.50. The Labute approximate surface area is 99.8 Å². The Hall–Kier alpha value is -1.21. The lowest BCUT2D eigenvalue weighted by Crippen LogP contribution is -2.29. The molecule has 0 bridgehead atoms. The molecule has 1 aromatic rings. The lowest BCUT2D eigenvalue weighted by atomic mass is 10.2. The molecule has 6 nitrogen and oxygen atoms in total. The van der Waals surface area contributed by atoms with Gasteiger partial charge in [-0.1, -0.05) is 0 Å². The molecule has 0 radical (unpaired) electrons. The van der Waals surface area contributed by atoms with E-state index in [1.807, 2.05) is 0 Å². The van der Waals surface area contributed by atoms with Crippen LogP contribution in [0.2, 0.25) is 0 Å². The van der Waals surface area contributed by atoms with Crippen molar-refractivity contribution < 1.29 is 10.0 Å². The quantitative estimate of drug-likeness (QED) is 0.675. The highest BCUT2D eigenvalue weighted by Crippen LogP contribution is 2.18. The molecule has 0 aliphatic heterocycles. The molecule has 2 unspecified atom stereocenters. The molecule has 0 saturated carbocycles. The highest BCUT2D eigenvalue weighted by Gasteiger charge is 2.18. The van der Waals surface area contributed by atoms with E-state index in [-0.39, 0.29) is 10.2 Å². The van der Waals surface area contributed by atoms with Crippen molar-refractivity contribution in [2.24, 2.45) is 0 Å². The average Bonchev–Trinajstić information content (AvgIpc) is 2.20. The summed E-state index contributed by atoms with van der Waals surface area (Å²) < 4.78 is 1.25. The van der Waals surface area contributed by atoms with Gasteiger partial charge in [-0.05, 0) is 29.8 Å². The van der Waals surface area contributed by atoms with E-state index in [2.05, 4.69) is 15.9 Å². The van der Waals surface area contributed by atoms with Crippen molar-refractivity contribution >= 4 is 21.6 Å². The van der Waals surface area contributed by atoms with Gasteiger partial charge >= 0.3 is 0 Å². The van der Waals surface area contributed by atoms with Crippen molar-refractivity contribution in [2.45, 2.75) is 26.0 Å². The van der Waals surface area contributed by atoms with Gasteiger partial charge in [0, 0.05) is 6.07 Å². The number of aliphatic hydroxyl groups is 1. The van der Waals surface area contributed by atoms with Crippen molar-refractivity contribution in [3.8, 4) is 0 Å². The van der Waals surface area contributed by atoms with Gasteiger partial charge in [0.05, 0.1) is 27.7 Å². The molecule has 88 valence electrons. The fraction of sp³-hybridized carbons (Fsp3) is 0.444. The molecular formula is C9H11BrN2O4. The summed E-state index contributed by atoms with van der Waals surface area (Å²) in [6.07, 6.45) is 0.358. The van der Waals surface area contributed by atoms with Crippen LogP contribution in [-0.2, 0) is 0 Å². The lowest BCUT2D eigenvalue weighted by molar-refractivity contribution is -0.385. The SMILES string of the molecule is CC(O)C(C)n1cc([N+](=O)[O-])cc(Br)c1=O. The summed E-state index contributed by atoms with van der Waals surface area (Å²) in [7, 11) is 0. The maximum atomic E-state index is 11.7. The van der Waals surface area contributed by atoms with Crippen LogP contribution in [0.5, 0.6) is 0 Å². The van der Waals surface area contributed by atoms with Crippen LogP contribution in [0.1, 0.15) is 19.9 Å². The molecule has 0 aromatic carbocycles. The van der Waals surface area contributed by atoms with E-state index in [9.17, 15) is 20.0 Å². The van der Waals surface area contributed by atoms with Crippen LogP contribution in [0.3, 0.4) is 0 Å². The van der Waals surface area contributed by atoms with Crippen LogP contribution in [0.25, 0.3) is 0 Å². The topological polar surface area (TPSA) is 85.4 Å². The first kappa shape index (κ1) is 12.9. The number of aliphatic hydroxyl groups excluding tert-OH is 1. The smallest absolute Gasteiger partial charge is 0.286 e. The molecule has 0 aliphatic carbocycles. The van der Waals surface area contributed by atoms with E-state index in [0.717, 1.165) is 16.8 Å². The van der Waals surface area contributed by atoms with Crippen LogP contribution >= 0.6 is 15.9 Å². The second kappa shape index (κ2) is 4.75. The van der Waals surface area contributed by atoms with E-state index < -0.39 is 22.6 Å². The normalized spacial score (nSPS) is 14.5. The fourth-order valence-corrected chi connectivity index (χ4v) is 1.63. The number of nitrogens with zero attached hydrogens (tertiary/aromatic N) is 2. The van der Waals surface area contributed by atoms with Gasteiger partial charge in [0.2, 0.25) is 0 Å². The number of pyridine rings is 1. The Morgan fingerprint density at radius 3 is 2.56 bits per heavy atom. The predicted molar refractivity (Wildman–Crippen MR) is 61.4 cm³/mol. The first-order valence-corrected chi connectivity index (χ1v) is 5.38. The zero-order chi connectivity index (χ0) is 12.5. The van der Waals surface area contributed by atoms with Gasteiger partial charge in [0.1, 0.15) is 0 Å². The second-order valence-corrected chi connectivity index (χ2v) is 4.35.